The highest BCUT2D eigenvalue weighted by Crippen LogP contribution is 2.16. The molecule has 0 heterocycles. The summed E-state index contributed by atoms with van der Waals surface area (Å²) in [5.74, 6) is 1.40. The maximum absolute atomic E-state index is 11.0. The Bertz CT molecular complexity index is 1530. The lowest BCUT2D eigenvalue weighted by Crippen LogP contribution is -2.28. The highest BCUT2D eigenvalue weighted by Gasteiger charge is 2.08. The van der Waals surface area contributed by atoms with Crippen molar-refractivity contribution in [3.05, 3.63) is 0 Å². The fraction of sp³-hybridized carbons (Fsp3) is 0.941. The lowest BCUT2D eigenvalue weighted by Gasteiger charge is -2.11. The normalized spacial score (nSPS) is 12.6. The van der Waals surface area contributed by atoms with Gasteiger partial charge < -0.3 is 26.6 Å². The summed E-state index contributed by atoms with van der Waals surface area (Å²) in [5.41, 5.74) is 0. The minimum atomic E-state index is 0.276. The van der Waals surface area contributed by atoms with E-state index >= 15 is 0 Å². The Morgan fingerprint density at radius 1 is 0.179 bits per heavy atom. The minimum Gasteiger partial charge on any atom is -0.314 e. The number of carbonyl (C=O) groups is 5. The summed E-state index contributed by atoms with van der Waals surface area (Å²) in [4.78, 5) is 54.5. The second-order valence-corrected chi connectivity index (χ2v) is 29.7. The fourth-order valence-corrected chi connectivity index (χ4v) is 12.3. The largest absolute Gasteiger partial charge is 0.314 e. The summed E-state index contributed by atoms with van der Waals surface area (Å²) >= 11 is 0. The average Bonchev–Trinajstić information content (AvgIpc) is 3.75. The zero-order chi connectivity index (χ0) is 71.7. The van der Waals surface area contributed by atoms with Gasteiger partial charge in [-0.2, -0.15) is 0 Å². The van der Waals surface area contributed by atoms with Crippen LogP contribution in [0, 0.1) is 0 Å². The van der Waals surface area contributed by atoms with Crippen molar-refractivity contribution in [2.75, 3.05) is 32.7 Å². The molecule has 0 fully saturated rings. The van der Waals surface area contributed by atoms with Crippen LogP contribution in [0.3, 0.4) is 0 Å². The third kappa shape index (κ3) is 108. The first-order chi connectivity index (χ1) is 45.8. The van der Waals surface area contributed by atoms with Crippen LogP contribution in [-0.2, 0) is 24.0 Å². The summed E-state index contributed by atoms with van der Waals surface area (Å²) in [5, 5.41) is 17.1. The van der Waals surface area contributed by atoms with Crippen molar-refractivity contribution in [2.45, 2.75) is 487 Å². The first-order valence-electron chi connectivity index (χ1n) is 42.0. The summed E-state index contributed by atoms with van der Waals surface area (Å²) in [6, 6.07) is 1.72. The van der Waals surface area contributed by atoms with Gasteiger partial charge >= 0.3 is 0 Å². The molecule has 0 saturated carbocycles. The SMILES string of the molecule is CCCCCCCCCCCCCCCCNC(C)CC(C)=O.CCCCCCCCCCCCCCNC(C)CC(C)=O.CCCCCCCCCCCCNC(C)CC(C)=O.CCCCCCCCCCNC(C)CC(C)=O.CCCCCCCCNC(C)CC(C)=O. The quantitative estimate of drug-likeness (QED) is 0.0373. The molecule has 10 nitrogen and oxygen atoms in total. The van der Waals surface area contributed by atoms with Gasteiger partial charge in [-0.3, -0.25) is 24.0 Å². The zero-order valence-electron chi connectivity index (χ0n) is 67.4. The lowest BCUT2D eigenvalue weighted by molar-refractivity contribution is -0.118. The van der Waals surface area contributed by atoms with E-state index in [9.17, 15) is 24.0 Å². The Hall–Kier alpha value is -1.85. The monoisotopic (exact) mass is 1350 g/mol. The van der Waals surface area contributed by atoms with Crippen LogP contribution >= 0.6 is 0 Å². The second-order valence-electron chi connectivity index (χ2n) is 29.7. The second kappa shape index (κ2) is 88.2. The third-order valence-electron chi connectivity index (χ3n) is 18.1. The van der Waals surface area contributed by atoms with Crippen molar-refractivity contribution in [1.29, 1.82) is 0 Å². The number of unbranched alkanes of at least 4 members (excludes halogenated alkanes) is 45. The molecule has 5 N–H and O–H groups in total. The highest BCUT2D eigenvalue weighted by molar-refractivity contribution is 5.77. The first-order valence-corrected chi connectivity index (χ1v) is 42.0. The number of Topliss-reactive ketones (excluding diaryl/α,β-unsaturated/α-hetero) is 5. The number of hydrogen-bond acceptors (Lipinski definition) is 10. The van der Waals surface area contributed by atoms with Crippen LogP contribution in [0.15, 0.2) is 0 Å². The van der Waals surface area contributed by atoms with E-state index in [1.54, 1.807) is 34.6 Å². The minimum absolute atomic E-state index is 0.276. The van der Waals surface area contributed by atoms with Gasteiger partial charge in [0.1, 0.15) is 28.9 Å². The van der Waals surface area contributed by atoms with E-state index in [-0.39, 0.29) is 28.9 Å². The van der Waals surface area contributed by atoms with Crippen molar-refractivity contribution in [3.8, 4) is 0 Å². The molecule has 570 valence electrons. The lowest BCUT2D eigenvalue weighted by atomic mass is 10.0. The van der Waals surface area contributed by atoms with Crippen LogP contribution < -0.4 is 26.6 Å². The molecule has 95 heavy (non-hydrogen) atoms. The molecule has 0 amide bonds. The zero-order valence-corrected chi connectivity index (χ0v) is 67.4. The van der Waals surface area contributed by atoms with Crippen LogP contribution in [0.1, 0.15) is 457 Å². The standard InChI is InChI=1S/C21H43NO.C19H39NO.C17H35NO.C15H31NO.C13H27NO/c1-4-5-6-7-8-9-10-11-12-13-14-15-16-17-18-22-20(2)19-21(3)23;1-4-5-6-7-8-9-10-11-12-13-14-15-16-20-18(2)17-19(3)21;1-4-5-6-7-8-9-10-11-12-13-14-18-16(2)15-17(3)19;1-4-5-6-7-8-9-10-11-12-16-14(2)13-15(3)17;1-4-5-6-7-8-9-10-14-12(2)11-13(3)15/h20,22H,4-19H2,1-3H3;18,20H,4-17H2,1-3H3;16,18H,4-15H2,1-3H3;14,16H,4-13H2,1-3H3;12,14H,4-11H2,1-3H3. The van der Waals surface area contributed by atoms with E-state index in [2.05, 4.69) is 95.8 Å². The van der Waals surface area contributed by atoms with Gasteiger partial charge in [0.15, 0.2) is 0 Å². The summed E-state index contributed by atoms with van der Waals surface area (Å²) < 4.78 is 0. The van der Waals surface area contributed by atoms with Crippen molar-refractivity contribution < 1.29 is 24.0 Å². The summed E-state index contributed by atoms with van der Waals surface area (Å²) in [6.07, 6.45) is 72.4. The molecular weight excluding hydrogens is 1170 g/mol. The molecule has 0 radical (unpaired) electrons. The van der Waals surface area contributed by atoms with Gasteiger partial charge in [0.2, 0.25) is 0 Å². The fourth-order valence-electron chi connectivity index (χ4n) is 12.3. The maximum atomic E-state index is 11.0. The van der Waals surface area contributed by atoms with Gasteiger partial charge in [-0.05, 0) is 134 Å². The van der Waals surface area contributed by atoms with Gasteiger partial charge in [0.05, 0.1) is 0 Å². The van der Waals surface area contributed by atoms with Crippen molar-refractivity contribution in [3.63, 3.8) is 0 Å². The summed E-state index contributed by atoms with van der Waals surface area (Å²) in [6.45, 7) is 35.4. The Morgan fingerprint density at radius 2 is 0.274 bits per heavy atom. The third-order valence-corrected chi connectivity index (χ3v) is 18.1. The van der Waals surface area contributed by atoms with E-state index in [4.69, 9.17) is 0 Å². The molecule has 0 aliphatic carbocycles. The van der Waals surface area contributed by atoms with Crippen LogP contribution in [0.25, 0.3) is 0 Å². The average molecular weight is 1350 g/mol. The molecule has 0 spiro atoms. The molecule has 0 rings (SSSR count). The van der Waals surface area contributed by atoms with Crippen molar-refractivity contribution >= 4 is 28.9 Å². The molecule has 5 atom stereocenters. The predicted molar refractivity (Wildman–Crippen MR) is 423 cm³/mol. The molecular formula is C85H175N5O5. The predicted octanol–water partition coefficient (Wildman–Crippen LogP) is 24.3. The molecule has 0 aromatic carbocycles. The van der Waals surface area contributed by atoms with Gasteiger partial charge in [0, 0.05) is 62.3 Å². The smallest absolute Gasteiger partial charge is 0.131 e. The number of rotatable bonds is 70. The number of hydrogen-bond donors (Lipinski definition) is 5. The van der Waals surface area contributed by atoms with E-state index in [0.717, 1.165) is 32.7 Å². The molecule has 0 bridgehead atoms. The van der Waals surface area contributed by atoms with Gasteiger partial charge in [-0.25, -0.2) is 0 Å². The van der Waals surface area contributed by atoms with Crippen molar-refractivity contribution in [2.24, 2.45) is 0 Å². The Labute approximate surface area is 596 Å². The van der Waals surface area contributed by atoms with Gasteiger partial charge in [-0.1, -0.05) is 324 Å². The van der Waals surface area contributed by atoms with E-state index in [1.165, 1.54) is 321 Å². The van der Waals surface area contributed by atoms with Crippen LogP contribution in [-0.4, -0.2) is 91.8 Å². The molecule has 0 aromatic rings. The first kappa shape index (κ1) is 102. The van der Waals surface area contributed by atoms with Gasteiger partial charge in [-0.15, -0.1) is 0 Å². The van der Waals surface area contributed by atoms with E-state index in [0.29, 0.717) is 62.3 Å². The molecule has 0 aliphatic rings. The molecule has 0 aromatic heterocycles. The highest BCUT2D eigenvalue weighted by atomic mass is 16.1. The number of nitrogens with one attached hydrogen (secondary N) is 5. The Morgan fingerprint density at radius 3 is 0.368 bits per heavy atom. The Kier molecular flexibility index (Phi) is 94.5. The van der Waals surface area contributed by atoms with E-state index < -0.39 is 0 Å². The molecule has 0 aliphatic heterocycles. The van der Waals surface area contributed by atoms with Gasteiger partial charge in [0.25, 0.3) is 0 Å². The van der Waals surface area contributed by atoms with Crippen LogP contribution in [0.2, 0.25) is 0 Å². The van der Waals surface area contributed by atoms with E-state index in [1.807, 2.05) is 0 Å². The molecule has 0 saturated heterocycles. The van der Waals surface area contributed by atoms with Crippen LogP contribution in [0.4, 0.5) is 0 Å². The molecule has 5 unspecified atom stereocenters. The topological polar surface area (TPSA) is 146 Å². The molecule has 10 heteroatoms. The van der Waals surface area contributed by atoms with Crippen molar-refractivity contribution in [1.82, 2.24) is 26.6 Å². The Balaban J connectivity index is -0.000000358. The van der Waals surface area contributed by atoms with Crippen LogP contribution in [0.5, 0.6) is 0 Å². The maximum Gasteiger partial charge on any atom is 0.131 e. The number of ketones is 5. The number of carbonyl (C=O) groups excluding carboxylic acids is 5. The summed E-state index contributed by atoms with van der Waals surface area (Å²) in [7, 11) is 0.